The number of nitro groups is 1. The van der Waals surface area contributed by atoms with Crippen LogP contribution in [0.3, 0.4) is 0 Å². The average molecular weight is 227 g/mol. The molecule has 0 aliphatic heterocycles. The van der Waals surface area contributed by atoms with Gasteiger partial charge in [0.15, 0.2) is 0 Å². The molecule has 0 unspecified atom stereocenters. The Bertz CT molecular complexity index is 539. The molecule has 84 valence electrons. The lowest BCUT2D eigenvalue weighted by atomic mass is 10.2. The average Bonchev–Trinajstić information content (AvgIpc) is 2.56. The Balaban J connectivity index is 2.42. The van der Waals surface area contributed by atoms with E-state index in [0.717, 1.165) is 4.68 Å². The van der Waals surface area contributed by atoms with Crippen LogP contribution in [0, 0.1) is 10.1 Å². The number of nitro benzene ring substituents is 1. The third-order valence-electron chi connectivity index (χ3n) is 2.07. The summed E-state index contributed by atoms with van der Waals surface area (Å²) >= 11 is 0. The van der Waals surface area contributed by atoms with Crippen LogP contribution in [0.4, 0.5) is 14.5 Å². The molecule has 0 atom stereocenters. The molecule has 0 N–H and O–H groups in total. The molecule has 0 fully saturated rings. The largest absolute Gasteiger partial charge is 0.270 e. The highest BCUT2D eigenvalue weighted by molar-refractivity contribution is 5.80. The van der Waals surface area contributed by atoms with Gasteiger partial charge in [-0.25, -0.2) is 8.78 Å². The maximum absolute atomic E-state index is 12.1. The monoisotopic (exact) mass is 227 g/mol. The summed E-state index contributed by atoms with van der Waals surface area (Å²) in [5, 5.41) is 14.8. The van der Waals surface area contributed by atoms with Gasteiger partial charge in [-0.2, -0.15) is 5.10 Å². The first kappa shape index (κ1) is 10.5. The van der Waals surface area contributed by atoms with Crippen LogP contribution in [-0.4, -0.2) is 21.1 Å². The zero-order chi connectivity index (χ0) is 11.7. The Morgan fingerprint density at radius 1 is 1.50 bits per heavy atom. The van der Waals surface area contributed by atoms with Crippen molar-refractivity contribution in [3.05, 3.63) is 34.5 Å². The molecule has 0 saturated carbocycles. The van der Waals surface area contributed by atoms with Crippen LogP contribution in [0.5, 0.6) is 0 Å². The standard InChI is InChI=1S/C9H7F2N3O2/c10-9(11)5-13-4-6-3-7(14(15)16)1-2-8(6)12-13/h1-4,9H,5H2. The summed E-state index contributed by atoms with van der Waals surface area (Å²) in [7, 11) is 0. The second-order valence-corrected chi connectivity index (χ2v) is 3.24. The predicted molar refractivity (Wildman–Crippen MR) is 52.4 cm³/mol. The van der Waals surface area contributed by atoms with Gasteiger partial charge in [-0.15, -0.1) is 0 Å². The fourth-order valence-corrected chi connectivity index (χ4v) is 1.41. The maximum atomic E-state index is 12.1. The van der Waals surface area contributed by atoms with E-state index in [0.29, 0.717) is 10.9 Å². The van der Waals surface area contributed by atoms with Gasteiger partial charge in [0, 0.05) is 23.7 Å². The fourth-order valence-electron chi connectivity index (χ4n) is 1.41. The summed E-state index contributed by atoms with van der Waals surface area (Å²) in [5.41, 5.74) is 0.385. The summed E-state index contributed by atoms with van der Waals surface area (Å²) < 4.78 is 25.3. The molecule has 16 heavy (non-hydrogen) atoms. The number of rotatable bonds is 3. The smallest absolute Gasteiger partial charge is 0.266 e. The SMILES string of the molecule is O=[N+]([O-])c1ccc2nn(CC(F)F)cc2c1. The summed E-state index contributed by atoms with van der Waals surface area (Å²) in [6.07, 6.45) is -1.13. The van der Waals surface area contributed by atoms with Gasteiger partial charge in [-0.05, 0) is 6.07 Å². The molecule has 0 bridgehead atoms. The molecule has 2 rings (SSSR count). The number of hydrogen-bond donors (Lipinski definition) is 0. The lowest BCUT2D eigenvalue weighted by Gasteiger charge is -1.96. The number of non-ortho nitro benzene ring substituents is 1. The quantitative estimate of drug-likeness (QED) is 0.596. The lowest BCUT2D eigenvalue weighted by Crippen LogP contribution is -2.06. The van der Waals surface area contributed by atoms with Crippen molar-refractivity contribution in [2.75, 3.05) is 0 Å². The number of benzene rings is 1. The third kappa shape index (κ3) is 1.97. The van der Waals surface area contributed by atoms with Crippen molar-refractivity contribution in [3.8, 4) is 0 Å². The van der Waals surface area contributed by atoms with Crippen molar-refractivity contribution in [3.63, 3.8) is 0 Å². The molecule has 0 amide bonds. The molecular weight excluding hydrogens is 220 g/mol. The molecule has 0 radical (unpaired) electrons. The molecule has 0 saturated heterocycles. The van der Waals surface area contributed by atoms with E-state index in [1.807, 2.05) is 0 Å². The van der Waals surface area contributed by atoms with Crippen molar-refractivity contribution >= 4 is 16.6 Å². The zero-order valence-corrected chi connectivity index (χ0v) is 8.01. The molecule has 2 aromatic rings. The molecule has 1 aromatic carbocycles. The van der Waals surface area contributed by atoms with Crippen LogP contribution in [0.25, 0.3) is 10.9 Å². The molecule has 7 heteroatoms. The molecule has 0 spiro atoms. The minimum absolute atomic E-state index is 0.0795. The zero-order valence-electron chi connectivity index (χ0n) is 8.01. The number of fused-ring (bicyclic) bond motifs is 1. The van der Waals surface area contributed by atoms with E-state index in [9.17, 15) is 18.9 Å². The van der Waals surface area contributed by atoms with Gasteiger partial charge in [0.05, 0.1) is 10.4 Å². The number of halogens is 2. The Kier molecular flexibility index (Phi) is 2.51. The van der Waals surface area contributed by atoms with Crippen LogP contribution in [0.1, 0.15) is 0 Å². The van der Waals surface area contributed by atoms with Gasteiger partial charge in [0.1, 0.15) is 6.54 Å². The third-order valence-corrected chi connectivity index (χ3v) is 2.07. The highest BCUT2D eigenvalue weighted by Crippen LogP contribution is 2.19. The fraction of sp³-hybridized carbons (Fsp3) is 0.222. The van der Waals surface area contributed by atoms with Crippen LogP contribution in [-0.2, 0) is 6.54 Å². The van der Waals surface area contributed by atoms with E-state index in [-0.39, 0.29) is 5.69 Å². The molecule has 1 aromatic heterocycles. The van der Waals surface area contributed by atoms with Crippen LogP contribution in [0.15, 0.2) is 24.4 Å². The number of nitrogens with zero attached hydrogens (tertiary/aromatic N) is 3. The normalized spacial score (nSPS) is 11.2. The number of aromatic nitrogens is 2. The van der Waals surface area contributed by atoms with Crippen molar-refractivity contribution in [1.29, 1.82) is 0 Å². The van der Waals surface area contributed by atoms with E-state index in [2.05, 4.69) is 5.10 Å². The summed E-state index contributed by atoms with van der Waals surface area (Å²) in [4.78, 5) is 9.95. The van der Waals surface area contributed by atoms with Gasteiger partial charge in [0.2, 0.25) is 0 Å². The topological polar surface area (TPSA) is 61.0 Å². The second kappa shape index (κ2) is 3.84. The molecule has 0 aliphatic carbocycles. The summed E-state index contributed by atoms with van der Waals surface area (Å²) in [5.74, 6) is 0. The highest BCUT2D eigenvalue weighted by Gasteiger charge is 2.10. The van der Waals surface area contributed by atoms with Gasteiger partial charge < -0.3 is 0 Å². The van der Waals surface area contributed by atoms with Gasteiger partial charge in [-0.3, -0.25) is 14.8 Å². The van der Waals surface area contributed by atoms with Gasteiger partial charge in [0.25, 0.3) is 12.1 Å². The van der Waals surface area contributed by atoms with Gasteiger partial charge >= 0.3 is 0 Å². The van der Waals surface area contributed by atoms with Crippen molar-refractivity contribution in [1.82, 2.24) is 9.78 Å². The molecular formula is C9H7F2N3O2. The van der Waals surface area contributed by atoms with Crippen LogP contribution >= 0.6 is 0 Å². The van der Waals surface area contributed by atoms with Crippen LogP contribution < -0.4 is 0 Å². The van der Waals surface area contributed by atoms with Crippen LogP contribution in [0.2, 0.25) is 0 Å². The first-order chi connectivity index (χ1) is 7.56. The van der Waals surface area contributed by atoms with E-state index in [4.69, 9.17) is 0 Å². The first-order valence-corrected chi connectivity index (χ1v) is 4.46. The second-order valence-electron chi connectivity index (χ2n) is 3.24. The first-order valence-electron chi connectivity index (χ1n) is 4.46. The molecule has 0 aliphatic rings. The molecule has 5 nitrogen and oxygen atoms in total. The van der Waals surface area contributed by atoms with E-state index < -0.39 is 17.9 Å². The van der Waals surface area contributed by atoms with E-state index in [1.54, 1.807) is 0 Å². The Hall–Kier alpha value is -2.05. The Labute approximate surface area is 88.4 Å². The Morgan fingerprint density at radius 2 is 2.25 bits per heavy atom. The number of hydrogen-bond acceptors (Lipinski definition) is 3. The molecule has 1 heterocycles. The van der Waals surface area contributed by atoms with Gasteiger partial charge in [-0.1, -0.05) is 0 Å². The highest BCUT2D eigenvalue weighted by atomic mass is 19.3. The minimum Gasteiger partial charge on any atom is -0.266 e. The predicted octanol–water partition coefficient (Wildman–Crippen LogP) is 2.21. The summed E-state index contributed by atoms with van der Waals surface area (Å²) in [6, 6.07) is 4.04. The maximum Gasteiger partial charge on any atom is 0.270 e. The number of alkyl halides is 2. The van der Waals surface area contributed by atoms with Crippen molar-refractivity contribution < 1.29 is 13.7 Å². The lowest BCUT2D eigenvalue weighted by molar-refractivity contribution is -0.384. The minimum atomic E-state index is -2.50. The van der Waals surface area contributed by atoms with Crippen molar-refractivity contribution in [2.45, 2.75) is 13.0 Å². The Morgan fingerprint density at radius 3 is 2.88 bits per heavy atom. The summed E-state index contributed by atoms with van der Waals surface area (Å²) in [6.45, 7) is -0.511. The van der Waals surface area contributed by atoms with E-state index in [1.165, 1.54) is 24.4 Å². The van der Waals surface area contributed by atoms with Crippen molar-refractivity contribution in [2.24, 2.45) is 0 Å². The van der Waals surface area contributed by atoms with E-state index >= 15 is 0 Å².